The van der Waals surface area contributed by atoms with Crippen molar-refractivity contribution in [1.82, 2.24) is 10.2 Å². The van der Waals surface area contributed by atoms with Crippen molar-refractivity contribution in [2.24, 2.45) is 0 Å². The van der Waals surface area contributed by atoms with Crippen molar-refractivity contribution in [3.8, 4) is 0 Å². The Bertz CT molecular complexity index is 397. The average molecular weight is 292 g/mol. The van der Waals surface area contributed by atoms with Gasteiger partial charge in [-0.05, 0) is 44.7 Å². The first kappa shape index (κ1) is 16.6. The summed E-state index contributed by atoms with van der Waals surface area (Å²) in [5.74, 6) is 1.11. The van der Waals surface area contributed by atoms with Gasteiger partial charge in [0.15, 0.2) is 0 Å². The van der Waals surface area contributed by atoms with Crippen LogP contribution < -0.4 is 5.32 Å². The van der Waals surface area contributed by atoms with Crippen LogP contribution in [0.2, 0.25) is 0 Å². The van der Waals surface area contributed by atoms with Crippen LogP contribution in [-0.4, -0.2) is 35.6 Å². The van der Waals surface area contributed by atoms with Crippen molar-refractivity contribution in [2.75, 3.05) is 13.1 Å². The van der Waals surface area contributed by atoms with Gasteiger partial charge in [-0.2, -0.15) is 0 Å². The molecule has 0 amide bonds. The number of piperazine rings is 1. The van der Waals surface area contributed by atoms with E-state index in [0.29, 0.717) is 17.6 Å². The molecule has 2 rings (SSSR count). The Balaban J connectivity index is 1.98. The standard InChI is InChI=1S/C18H32N2O/c1-5-16-13-19-18(6-2,7-3)14-20(16)15(4)10-11-17-9-8-12-21-17/h8-9,12,15-16,19H,5-7,10-11,13-14H2,1-4H3. The van der Waals surface area contributed by atoms with Gasteiger partial charge in [-0.25, -0.2) is 0 Å². The Morgan fingerprint density at radius 1 is 1.38 bits per heavy atom. The van der Waals surface area contributed by atoms with Crippen LogP contribution in [0, 0.1) is 0 Å². The highest BCUT2D eigenvalue weighted by Crippen LogP contribution is 2.26. The smallest absolute Gasteiger partial charge is 0.103 e. The predicted molar refractivity (Wildman–Crippen MR) is 88.6 cm³/mol. The predicted octanol–water partition coefficient (Wildman–Crippen LogP) is 3.84. The van der Waals surface area contributed by atoms with Gasteiger partial charge < -0.3 is 9.73 Å². The lowest BCUT2D eigenvalue weighted by Crippen LogP contribution is -2.65. The molecule has 1 aliphatic rings. The highest BCUT2D eigenvalue weighted by molar-refractivity contribution is 5.01. The summed E-state index contributed by atoms with van der Waals surface area (Å²) in [7, 11) is 0. The Hall–Kier alpha value is -0.800. The highest BCUT2D eigenvalue weighted by atomic mass is 16.3. The summed E-state index contributed by atoms with van der Waals surface area (Å²) in [4.78, 5) is 2.74. The molecule has 1 saturated heterocycles. The SMILES string of the molecule is CCC1CNC(CC)(CC)CN1C(C)CCc1ccco1. The largest absolute Gasteiger partial charge is 0.469 e. The zero-order valence-corrected chi connectivity index (χ0v) is 14.2. The minimum absolute atomic E-state index is 0.310. The van der Waals surface area contributed by atoms with Crippen molar-refractivity contribution in [2.45, 2.75) is 77.4 Å². The number of nitrogens with zero attached hydrogens (tertiary/aromatic N) is 1. The maximum atomic E-state index is 5.48. The van der Waals surface area contributed by atoms with E-state index in [1.165, 1.54) is 32.2 Å². The Morgan fingerprint density at radius 3 is 2.71 bits per heavy atom. The fraction of sp³-hybridized carbons (Fsp3) is 0.778. The molecule has 0 aromatic carbocycles. The molecule has 3 nitrogen and oxygen atoms in total. The minimum atomic E-state index is 0.310. The van der Waals surface area contributed by atoms with Crippen LogP contribution in [-0.2, 0) is 6.42 Å². The maximum absolute atomic E-state index is 5.48. The molecule has 1 aromatic rings. The fourth-order valence-electron chi connectivity index (χ4n) is 3.58. The van der Waals surface area contributed by atoms with E-state index in [-0.39, 0.29) is 0 Å². The van der Waals surface area contributed by atoms with E-state index in [1.807, 2.05) is 6.07 Å². The molecule has 0 bridgehead atoms. The quantitative estimate of drug-likeness (QED) is 0.827. The zero-order valence-electron chi connectivity index (χ0n) is 14.2. The molecule has 1 aliphatic heterocycles. The summed E-state index contributed by atoms with van der Waals surface area (Å²) in [5, 5.41) is 3.83. The topological polar surface area (TPSA) is 28.4 Å². The second kappa shape index (κ2) is 7.46. The molecule has 1 N–H and O–H groups in total. The summed E-state index contributed by atoms with van der Waals surface area (Å²) < 4.78 is 5.48. The number of hydrogen-bond donors (Lipinski definition) is 1. The molecule has 0 radical (unpaired) electrons. The fourth-order valence-corrected chi connectivity index (χ4v) is 3.58. The van der Waals surface area contributed by atoms with E-state index < -0.39 is 0 Å². The van der Waals surface area contributed by atoms with E-state index in [1.54, 1.807) is 6.26 Å². The number of hydrogen-bond acceptors (Lipinski definition) is 3. The Morgan fingerprint density at radius 2 is 2.14 bits per heavy atom. The molecule has 0 saturated carbocycles. The first-order chi connectivity index (χ1) is 10.1. The van der Waals surface area contributed by atoms with Crippen molar-refractivity contribution in [3.05, 3.63) is 24.2 Å². The van der Waals surface area contributed by atoms with Crippen molar-refractivity contribution in [3.63, 3.8) is 0 Å². The van der Waals surface area contributed by atoms with Crippen LogP contribution in [0.25, 0.3) is 0 Å². The second-order valence-electron chi connectivity index (χ2n) is 6.57. The van der Waals surface area contributed by atoms with Gasteiger partial charge in [0.05, 0.1) is 6.26 Å². The highest BCUT2D eigenvalue weighted by Gasteiger charge is 2.37. The molecular formula is C18H32N2O. The maximum Gasteiger partial charge on any atom is 0.103 e. The third-order valence-corrected chi connectivity index (χ3v) is 5.45. The van der Waals surface area contributed by atoms with Crippen molar-refractivity contribution < 1.29 is 4.42 Å². The van der Waals surface area contributed by atoms with Crippen molar-refractivity contribution >= 4 is 0 Å². The minimum Gasteiger partial charge on any atom is -0.469 e. The van der Waals surface area contributed by atoms with Gasteiger partial charge in [-0.1, -0.05) is 20.8 Å². The van der Waals surface area contributed by atoms with Gasteiger partial charge in [0.25, 0.3) is 0 Å². The van der Waals surface area contributed by atoms with Crippen LogP contribution in [0.15, 0.2) is 22.8 Å². The lowest BCUT2D eigenvalue weighted by atomic mass is 9.87. The molecule has 2 unspecified atom stereocenters. The Labute approximate surface area is 130 Å². The summed E-state index contributed by atoms with van der Waals surface area (Å²) in [5.41, 5.74) is 0.310. The lowest BCUT2D eigenvalue weighted by molar-refractivity contribution is 0.0374. The molecule has 3 heteroatoms. The van der Waals surface area contributed by atoms with Crippen LogP contribution >= 0.6 is 0 Å². The van der Waals surface area contributed by atoms with Gasteiger partial charge in [0, 0.05) is 37.1 Å². The van der Waals surface area contributed by atoms with Gasteiger partial charge in [0.1, 0.15) is 5.76 Å². The molecule has 0 spiro atoms. The first-order valence-corrected chi connectivity index (χ1v) is 8.67. The number of nitrogens with one attached hydrogen (secondary N) is 1. The molecule has 2 heterocycles. The Kier molecular flexibility index (Phi) is 5.88. The van der Waals surface area contributed by atoms with Gasteiger partial charge in [0.2, 0.25) is 0 Å². The third kappa shape index (κ3) is 3.89. The van der Waals surface area contributed by atoms with Crippen LogP contribution in [0.1, 0.15) is 59.1 Å². The van der Waals surface area contributed by atoms with E-state index in [4.69, 9.17) is 4.42 Å². The van der Waals surface area contributed by atoms with E-state index in [0.717, 1.165) is 18.7 Å². The van der Waals surface area contributed by atoms with Gasteiger partial charge in [-0.3, -0.25) is 4.90 Å². The number of furan rings is 1. The van der Waals surface area contributed by atoms with E-state index in [2.05, 4.69) is 44.0 Å². The summed E-state index contributed by atoms with van der Waals surface area (Å²) in [6.45, 7) is 11.6. The molecular weight excluding hydrogens is 260 g/mol. The number of aryl methyl sites for hydroxylation is 1. The summed E-state index contributed by atoms with van der Waals surface area (Å²) >= 11 is 0. The molecule has 21 heavy (non-hydrogen) atoms. The van der Waals surface area contributed by atoms with Crippen LogP contribution in [0.5, 0.6) is 0 Å². The monoisotopic (exact) mass is 292 g/mol. The van der Waals surface area contributed by atoms with E-state index >= 15 is 0 Å². The lowest BCUT2D eigenvalue weighted by Gasteiger charge is -2.49. The van der Waals surface area contributed by atoms with Crippen LogP contribution in [0.3, 0.4) is 0 Å². The first-order valence-electron chi connectivity index (χ1n) is 8.67. The van der Waals surface area contributed by atoms with Gasteiger partial charge >= 0.3 is 0 Å². The molecule has 1 fully saturated rings. The zero-order chi connectivity index (χ0) is 15.3. The summed E-state index contributed by atoms with van der Waals surface area (Å²) in [6.07, 6.45) is 7.64. The van der Waals surface area contributed by atoms with E-state index in [9.17, 15) is 0 Å². The molecule has 2 atom stereocenters. The second-order valence-corrected chi connectivity index (χ2v) is 6.57. The van der Waals surface area contributed by atoms with Gasteiger partial charge in [-0.15, -0.1) is 0 Å². The molecule has 1 aromatic heterocycles. The summed E-state index contributed by atoms with van der Waals surface area (Å²) in [6, 6.07) is 5.35. The average Bonchev–Trinajstić information content (AvgIpc) is 3.05. The molecule has 120 valence electrons. The third-order valence-electron chi connectivity index (χ3n) is 5.45. The van der Waals surface area contributed by atoms with Crippen LogP contribution in [0.4, 0.5) is 0 Å². The normalized spacial score (nSPS) is 24.1. The molecule has 0 aliphatic carbocycles. The van der Waals surface area contributed by atoms with Crippen molar-refractivity contribution in [1.29, 1.82) is 0 Å². The number of rotatable bonds is 7.